The number of nitrogens with zero attached hydrogens (tertiary/aromatic N) is 1. The first kappa shape index (κ1) is 15.8. The van der Waals surface area contributed by atoms with Crippen LogP contribution in [0, 0.1) is 11.8 Å². The molecule has 1 N–H and O–H groups in total. The average Bonchev–Trinajstić information content (AvgIpc) is 3.31. The van der Waals surface area contributed by atoms with Gasteiger partial charge in [-0.15, -0.1) is 0 Å². The molecule has 4 heteroatoms. The van der Waals surface area contributed by atoms with Gasteiger partial charge in [-0.25, -0.2) is 0 Å². The molecule has 4 nitrogen and oxygen atoms in total. The van der Waals surface area contributed by atoms with E-state index in [1.807, 2.05) is 14.0 Å². The average molecular weight is 282 g/mol. The Bertz CT molecular complexity index is 325. The molecule has 2 rings (SSSR count). The molecule has 0 aromatic heterocycles. The molecule has 0 aliphatic heterocycles. The molecule has 2 fully saturated rings. The van der Waals surface area contributed by atoms with Crippen LogP contribution in [-0.2, 0) is 9.53 Å². The van der Waals surface area contributed by atoms with Crippen molar-refractivity contribution >= 4 is 5.97 Å². The maximum absolute atomic E-state index is 12.0. The summed E-state index contributed by atoms with van der Waals surface area (Å²) in [7, 11) is 3.31. The SMILES string of the molecule is CNC(C)(CC(C)N(CC1CC1)CC1CC1)C(=O)OC. The summed E-state index contributed by atoms with van der Waals surface area (Å²) in [4.78, 5) is 14.6. The Balaban J connectivity index is 1.93. The van der Waals surface area contributed by atoms with Crippen LogP contribution >= 0.6 is 0 Å². The summed E-state index contributed by atoms with van der Waals surface area (Å²) in [6, 6.07) is 0.410. The number of carbonyl (C=O) groups excluding carboxylic acids is 1. The van der Waals surface area contributed by atoms with Crippen LogP contribution in [0.3, 0.4) is 0 Å². The summed E-state index contributed by atoms with van der Waals surface area (Å²) in [6.07, 6.45) is 6.33. The lowest BCUT2D eigenvalue weighted by Gasteiger charge is -2.35. The normalized spacial score (nSPS) is 23.4. The van der Waals surface area contributed by atoms with E-state index in [-0.39, 0.29) is 5.97 Å². The van der Waals surface area contributed by atoms with Gasteiger partial charge in [0.1, 0.15) is 5.54 Å². The van der Waals surface area contributed by atoms with Crippen LogP contribution < -0.4 is 5.32 Å². The highest BCUT2D eigenvalue weighted by molar-refractivity contribution is 5.80. The van der Waals surface area contributed by atoms with E-state index in [1.54, 1.807) is 0 Å². The van der Waals surface area contributed by atoms with Crippen LogP contribution in [0.1, 0.15) is 46.0 Å². The molecule has 0 spiro atoms. The first-order valence-electron chi connectivity index (χ1n) is 8.00. The van der Waals surface area contributed by atoms with Gasteiger partial charge in [-0.05, 0) is 64.8 Å². The molecular weight excluding hydrogens is 252 g/mol. The summed E-state index contributed by atoms with van der Waals surface area (Å²) in [5.41, 5.74) is -0.584. The molecule has 0 radical (unpaired) electrons. The molecule has 2 unspecified atom stereocenters. The monoisotopic (exact) mass is 282 g/mol. The third-order valence-corrected chi connectivity index (χ3v) is 4.89. The molecule has 0 heterocycles. The lowest BCUT2D eigenvalue weighted by atomic mass is 9.92. The fourth-order valence-corrected chi connectivity index (χ4v) is 2.93. The predicted molar refractivity (Wildman–Crippen MR) is 80.6 cm³/mol. The number of methoxy groups -OCH3 is 1. The molecule has 116 valence electrons. The molecule has 0 amide bonds. The Labute approximate surface area is 123 Å². The molecule has 0 bridgehead atoms. The van der Waals surface area contributed by atoms with E-state index >= 15 is 0 Å². The number of esters is 1. The first-order chi connectivity index (χ1) is 9.48. The number of hydrogen-bond donors (Lipinski definition) is 1. The Morgan fingerprint density at radius 2 is 1.80 bits per heavy atom. The number of hydrogen-bond acceptors (Lipinski definition) is 4. The van der Waals surface area contributed by atoms with Crippen LogP contribution in [0.4, 0.5) is 0 Å². The van der Waals surface area contributed by atoms with Crippen molar-refractivity contribution in [2.24, 2.45) is 11.8 Å². The molecule has 2 saturated carbocycles. The molecule has 2 atom stereocenters. The Morgan fingerprint density at radius 1 is 1.30 bits per heavy atom. The summed E-state index contributed by atoms with van der Waals surface area (Å²) < 4.78 is 4.95. The van der Waals surface area contributed by atoms with Crippen molar-refractivity contribution in [2.75, 3.05) is 27.2 Å². The third-order valence-electron chi connectivity index (χ3n) is 4.89. The van der Waals surface area contributed by atoms with Crippen molar-refractivity contribution in [1.29, 1.82) is 0 Å². The Morgan fingerprint density at radius 3 is 2.15 bits per heavy atom. The second-order valence-corrected chi connectivity index (χ2v) is 6.97. The van der Waals surface area contributed by atoms with Gasteiger partial charge in [0, 0.05) is 19.1 Å². The van der Waals surface area contributed by atoms with Crippen molar-refractivity contribution < 1.29 is 9.53 Å². The van der Waals surface area contributed by atoms with Crippen LogP contribution in [0.15, 0.2) is 0 Å². The third kappa shape index (κ3) is 4.19. The zero-order valence-corrected chi connectivity index (χ0v) is 13.4. The number of nitrogens with one attached hydrogen (secondary N) is 1. The van der Waals surface area contributed by atoms with E-state index in [2.05, 4.69) is 17.1 Å². The van der Waals surface area contributed by atoms with Gasteiger partial charge in [-0.3, -0.25) is 4.79 Å². The van der Waals surface area contributed by atoms with Crippen LogP contribution in [-0.4, -0.2) is 49.7 Å². The van der Waals surface area contributed by atoms with Gasteiger partial charge in [0.2, 0.25) is 0 Å². The minimum absolute atomic E-state index is 0.162. The van der Waals surface area contributed by atoms with Crippen molar-refractivity contribution in [3.05, 3.63) is 0 Å². The van der Waals surface area contributed by atoms with Gasteiger partial charge >= 0.3 is 5.97 Å². The van der Waals surface area contributed by atoms with E-state index in [0.717, 1.165) is 18.3 Å². The Kier molecular flexibility index (Phi) is 5.08. The quantitative estimate of drug-likeness (QED) is 0.657. The largest absolute Gasteiger partial charge is 0.468 e. The number of rotatable bonds is 9. The standard InChI is InChI=1S/C16H30N2O2/c1-12(9-16(2,17-3)15(19)20-4)18(10-13-5-6-13)11-14-7-8-14/h12-14,17H,5-11H2,1-4H3. The van der Waals surface area contributed by atoms with Crippen LogP contribution in [0.25, 0.3) is 0 Å². The fraction of sp³-hybridized carbons (Fsp3) is 0.938. The summed E-state index contributed by atoms with van der Waals surface area (Å²) in [6.45, 7) is 6.61. The zero-order chi connectivity index (χ0) is 14.8. The number of likely N-dealkylation sites (N-methyl/N-ethyl adjacent to an activating group) is 1. The van der Waals surface area contributed by atoms with E-state index in [0.29, 0.717) is 6.04 Å². The van der Waals surface area contributed by atoms with Gasteiger partial charge in [0.15, 0.2) is 0 Å². The van der Waals surface area contributed by atoms with Crippen molar-refractivity contribution in [3.63, 3.8) is 0 Å². The highest BCUT2D eigenvalue weighted by atomic mass is 16.5. The second-order valence-electron chi connectivity index (χ2n) is 6.97. The van der Waals surface area contributed by atoms with E-state index in [1.165, 1.54) is 45.9 Å². The molecule has 20 heavy (non-hydrogen) atoms. The van der Waals surface area contributed by atoms with Crippen molar-refractivity contribution in [1.82, 2.24) is 10.2 Å². The highest BCUT2D eigenvalue weighted by Gasteiger charge is 2.38. The van der Waals surface area contributed by atoms with Crippen LogP contribution in [0.5, 0.6) is 0 Å². The molecular formula is C16H30N2O2. The molecule has 2 aliphatic carbocycles. The van der Waals surface area contributed by atoms with Gasteiger partial charge in [0.25, 0.3) is 0 Å². The van der Waals surface area contributed by atoms with Crippen molar-refractivity contribution in [3.8, 4) is 0 Å². The fourth-order valence-electron chi connectivity index (χ4n) is 2.93. The molecule has 0 aromatic rings. The second kappa shape index (κ2) is 6.44. The van der Waals surface area contributed by atoms with E-state index in [9.17, 15) is 4.79 Å². The lowest BCUT2D eigenvalue weighted by molar-refractivity contribution is -0.148. The van der Waals surface area contributed by atoms with Gasteiger partial charge in [-0.2, -0.15) is 0 Å². The van der Waals surface area contributed by atoms with Crippen molar-refractivity contribution in [2.45, 2.75) is 57.5 Å². The molecule has 2 aliphatic rings. The number of carbonyl (C=O) groups is 1. The van der Waals surface area contributed by atoms with Gasteiger partial charge in [-0.1, -0.05) is 0 Å². The van der Waals surface area contributed by atoms with E-state index in [4.69, 9.17) is 4.74 Å². The minimum atomic E-state index is -0.584. The Hall–Kier alpha value is -0.610. The first-order valence-corrected chi connectivity index (χ1v) is 8.00. The van der Waals surface area contributed by atoms with Gasteiger partial charge in [0.05, 0.1) is 7.11 Å². The highest BCUT2D eigenvalue weighted by Crippen LogP contribution is 2.35. The maximum atomic E-state index is 12.0. The minimum Gasteiger partial charge on any atom is -0.468 e. The summed E-state index contributed by atoms with van der Waals surface area (Å²) >= 11 is 0. The number of ether oxygens (including phenoxy) is 1. The summed E-state index contributed by atoms with van der Waals surface area (Å²) in [5.74, 6) is 1.63. The van der Waals surface area contributed by atoms with E-state index < -0.39 is 5.54 Å². The topological polar surface area (TPSA) is 41.6 Å². The summed E-state index contributed by atoms with van der Waals surface area (Å²) in [5, 5.41) is 3.15. The van der Waals surface area contributed by atoms with Crippen LogP contribution in [0.2, 0.25) is 0 Å². The zero-order valence-electron chi connectivity index (χ0n) is 13.4. The lowest BCUT2D eigenvalue weighted by Crippen LogP contribution is -2.53. The maximum Gasteiger partial charge on any atom is 0.325 e. The molecule has 0 saturated heterocycles. The molecule has 0 aromatic carbocycles. The van der Waals surface area contributed by atoms with Gasteiger partial charge < -0.3 is 15.0 Å². The predicted octanol–water partition coefficient (Wildman–Crippen LogP) is 2.04. The smallest absolute Gasteiger partial charge is 0.325 e.